The normalized spacial score (nSPS) is 18.5. The molecule has 4 rings (SSSR count). The molecule has 32 heavy (non-hydrogen) atoms. The molecule has 1 unspecified atom stereocenters. The molecule has 0 saturated carbocycles. The number of carbonyl (C=O) groups is 1. The van der Waals surface area contributed by atoms with E-state index in [1.165, 1.54) is 0 Å². The number of nitrogens with one attached hydrogen (secondary N) is 2. The van der Waals surface area contributed by atoms with Crippen molar-refractivity contribution in [2.45, 2.75) is 39.3 Å². The van der Waals surface area contributed by atoms with Crippen LogP contribution in [-0.4, -0.2) is 52.1 Å². The van der Waals surface area contributed by atoms with Crippen LogP contribution < -0.4 is 10.6 Å². The predicted molar refractivity (Wildman–Crippen MR) is 127 cm³/mol. The maximum atomic E-state index is 12.5. The second-order valence-electron chi connectivity index (χ2n) is 8.25. The minimum Gasteiger partial charge on any atom is -0.348 e. The molecule has 1 aliphatic rings. The summed E-state index contributed by atoms with van der Waals surface area (Å²) in [5, 5.41) is 6.04. The Morgan fingerprint density at radius 3 is 2.59 bits per heavy atom. The third kappa shape index (κ3) is 4.93. The van der Waals surface area contributed by atoms with Crippen molar-refractivity contribution in [2.24, 2.45) is 0 Å². The van der Waals surface area contributed by atoms with Gasteiger partial charge >= 0.3 is 0 Å². The summed E-state index contributed by atoms with van der Waals surface area (Å²) >= 11 is 0. The fraction of sp³-hybridized carbons (Fsp3) is 0.364. The van der Waals surface area contributed by atoms with Gasteiger partial charge in [-0.15, -0.1) is 0 Å². The van der Waals surface area contributed by atoms with Crippen LogP contribution in [0, 0.1) is 6.92 Å². The van der Waals surface area contributed by atoms with Gasteiger partial charge in [-0.1, -0.05) is 0 Å². The Kier molecular flexibility index (Phi) is 6.18. The monoisotopic (exact) mass is 456 g/mol. The number of rotatable bonds is 6. The van der Waals surface area contributed by atoms with Crippen LogP contribution >= 0.6 is 10.6 Å². The molecule has 0 bridgehead atoms. The third-order valence-corrected chi connectivity index (χ3v) is 7.24. The molecular formula is C22H28N6O3S. The van der Waals surface area contributed by atoms with E-state index in [9.17, 15) is 13.9 Å². The molecule has 1 fully saturated rings. The molecular weight excluding hydrogens is 428 g/mol. The van der Waals surface area contributed by atoms with Crippen LogP contribution in [-0.2, 0) is 0 Å². The van der Waals surface area contributed by atoms with Crippen molar-refractivity contribution in [1.29, 1.82) is 0 Å². The standard InChI is InChI=1S/C22H28N6O3S/c1-14(2)28-15(3)24-12-20(28)19-8-10-23-22(27-19)26-17-6-4-16(5-7-17)21(29)25-18-9-11-32(30,31)13-18/h4-8,10,12,14,18,30-31H,9,11,13H2,1-3H3,(H,25,29)(H,23,26,27). The lowest BCUT2D eigenvalue weighted by Gasteiger charge is -2.26. The molecule has 0 spiro atoms. The van der Waals surface area contributed by atoms with E-state index < -0.39 is 10.6 Å². The number of nitrogens with zero attached hydrogens (tertiary/aromatic N) is 4. The van der Waals surface area contributed by atoms with E-state index in [-0.39, 0.29) is 23.7 Å². The Labute approximate surface area is 188 Å². The summed E-state index contributed by atoms with van der Waals surface area (Å²) in [6.07, 6.45) is 4.10. The van der Waals surface area contributed by atoms with Crippen molar-refractivity contribution >= 4 is 28.1 Å². The van der Waals surface area contributed by atoms with E-state index in [0.717, 1.165) is 22.9 Å². The zero-order valence-electron chi connectivity index (χ0n) is 18.3. The maximum absolute atomic E-state index is 12.5. The summed E-state index contributed by atoms with van der Waals surface area (Å²) in [4.78, 5) is 25.8. The van der Waals surface area contributed by atoms with E-state index in [1.54, 1.807) is 30.5 Å². The number of aromatic nitrogens is 4. The number of hydrogen-bond acceptors (Lipinski definition) is 7. The first kappa shape index (κ1) is 22.3. The molecule has 1 aromatic carbocycles. The Hall–Kier alpha value is -2.95. The van der Waals surface area contributed by atoms with Gasteiger partial charge in [-0.25, -0.2) is 15.0 Å². The predicted octanol–water partition coefficient (Wildman–Crippen LogP) is 4.23. The molecule has 4 N–H and O–H groups in total. The molecule has 1 atom stereocenters. The van der Waals surface area contributed by atoms with Crippen molar-refractivity contribution < 1.29 is 13.9 Å². The SMILES string of the molecule is Cc1ncc(-c2ccnc(Nc3ccc(C(=O)NC4CCS(O)(O)C4)cc3)n2)n1C(C)C. The highest BCUT2D eigenvalue weighted by Gasteiger charge is 2.29. The third-order valence-electron chi connectivity index (χ3n) is 5.42. The average Bonchev–Trinajstić information content (AvgIpc) is 3.30. The first-order chi connectivity index (χ1) is 15.2. The topological polar surface area (TPSA) is 125 Å². The van der Waals surface area contributed by atoms with Crippen molar-refractivity contribution in [3.8, 4) is 11.4 Å². The van der Waals surface area contributed by atoms with Crippen molar-refractivity contribution in [1.82, 2.24) is 24.8 Å². The summed E-state index contributed by atoms with van der Waals surface area (Å²) in [6.45, 7) is 6.18. The lowest BCUT2D eigenvalue weighted by atomic mass is 10.1. The minimum atomic E-state index is -2.54. The van der Waals surface area contributed by atoms with Gasteiger partial charge in [0.25, 0.3) is 5.91 Å². The van der Waals surface area contributed by atoms with Crippen LogP contribution in [0.4, 0.5) is 11.6 Å². The van der Waals surface area contributed by atoms with Crippen LogP contribution in [0.1, 0.15) is 42.5 Å². The number of aryl methyl sites for hydroxylation is 1. The smallest absolute Gasteiger partial charge is 0.251 e. The Morgan fingerprint density at radius 1 is 1.19 bits per heavy atom. The zero-order valence-corrected chi connectivity index (χ0v) is 19.1. The van der Waals surface area contributed by atoms with Crippen molar-refractivity contribution in [2.75, 3.05) is 16.8 Å². The molecule has 0 radical (unpaired) electrons. The summed E-state index contributed by atoms with van der Waals surface area (Å²) in [6, 6.07) is 8.91. The summed E-state index contributed by atoms with van der Waals surface area (Å²) < 4.78 is 21.6. The van der Waals surface area contributed by atoms with E-state index in [2.05, 4.69) is 44.0 Å². The fourth-order valence-electron chi connectivity index (χ4n) is 3.89. The van der Waals surface area contributed by atoms with Crippen LogP contribution in [0.15, 0.2) is 42.7 Å². The lowest BCUT2D eigenvalue weighted by molar-refractivity contribution is 0.0941. The molecule has 170 valence electrons. The first-order valence-electron chi connectivity index (χ1n) is 10.5. The Morgan fingerprint density at radius 2 is 1.94 bits per heavy atom. The maximum Gasteiger partial charge on any atom is 0.251 e. The van der Waals surface area contributed by atoms with Gasteiger partial charge in [0.1, 0.15) is 5.82 Å². The Balaban J connectivity index is 1.44. The van der Waals surface area contributed by atoms with Gasteiger partial charge in [-0.2, -0.15) is 10.6 Å². The van der Waals surface area contributed by atoms with Gasteiger partial charge in [0.15, 0.2) is 0 Å². The molecule has 1 aliphatic heterocycles. The highest BCUT2D eigenvalue weighted by molar-refractivity contribution is 8.24. The number of amides is 1. The molecule has 9 nitrogen and oxygen atoms in total. The van der Waals surface area contributed by atoms with Crippen LogP contribution in [0.25, 0.3) is 11.4 Å². The van der Waals surface area contributed by atoms with E-state index in [0.29, 0.717) is 23.7 Å². The fourth-order valence-corrected chi connectivity index (χ4v) is 5.62. The number of carbonyl (C=O) groups excluding carboxylic acids is 1. The molecule has 10 heteroatoms. The van der Waals surface area contributed by atoms with Gasteiger partial charge in [0.2, 0.25) is 5.95 Å². The van der Waals surface area contributed by atoms with Gasteiger partial charge in [-0.05, 0) is 57.5 Å². The van der Waals surface area contributed by atoms with Crippen LogP contribution in [0.3, 0.4) is 0 Å². The molecule has 1 saturated heterocycles. The van der Waals surface area contributed by atoms with E-state index in [4.69, 9.17) is 0 Å². The largest absolute Gasteiger partial charge is 0.348 e. The lowest BCUT2D eigenvalue weighted by Crippen LogP contribution is -2.35. The van der Waals surface area contributed by atoms with E-state index in [1.807, 2.05) is 19.2 Å². The van der Waals surface area contributed by atoms with Gasteiger partial charge in [-0.3, -0.25) is 13.9 Å². The van der Waals surface area contributed by atoms with Gasteiger partial charge < -0.3 is 15.2 Å². The van der Waals surface area contributed by atoms with Gasteiger partial charge in [0.05, 0.1) is 23.3 Å². The second kappa shape index (κ2) is 8.89. The summed E-state index contributed by atoms with van der Waals surface area (Å²) in [7, 11) is -2.54. The van der Waals surface area contributed by atoms with Crippen molar-refractivity contribution in [3.63, 3.8) is 0 Å². The highest BCUT2D eigenvalue weighted by Crippen LogP contribution is 2.45. The molecule has 0 aliphatic carbocycles. The molecule has 3 aromatic rings. The minimum absolute atomic E-state index is 0.204. The molecule has 1 amide bonds. The number of imidazole rings is 1. The average molecular weight is 457 g/mol. The number of hydrogen-bond donors (Lipinski definition) is 4. The quantitative estimate of drug-likeness (QED) is 0.437. The molecule has 2 aromatic heterocycles. The second-order valence-corrected chi connectivity index (χ2v) is 10.6. The van der Waals surface area contributed by atoms with Crippen molar-refractivity contribution in [3.05, 3.63) is 54.1 Å². The zero-order chi connectivity index (χ0) is 22.9. The Bertz CT molecular complexity index is 1110. The molecule has 3 heterocycles. The van der Waals surface area contributed by atoms with Crippen LogP contribution in [0.5, 0.6) is 0 Å². The first-order valence-corrected chi connectivity index (χ1v) is 12.4. The summed E-state index contributed by atoms with van der Waals surface area (Å²) in [5.74, 6) is 1.72. The van der Waals surface area contributed by atoms with Gasteiger partial charge in [0, 0.05) is 35.3 Å². The summed E-state index contributed by atoms with van der Waals surface area (Å²) in [5.41, 5.74) is 2.96. The number of benzene rings is 1. The highest BCUT2D eigenvalue weighted by atomic mass is 32.3. The van der Waals surface area contributed by atoms with E-state index >= 15 is 0 Å². The van der Waals surface area contributed by atoms with Crippen LogP contribution in [0.2, 0.25) is 0 Å². The number of anilines is 2.